The van der Waals surface area contributed by atoms with Gasteiger partial charge in [0.1, 0.15) is 0 Å². The zero-order valence-electron chi connectivity index (χ0n) is 25.1. The Hall–Kier alpha value is -3.53. The van der Waals surface area contributed by atoms with Gasteiger partial charge in [-0.05, 0) is 73.4 Å². The van der Waals surface area contributed by atoms with Crippen molar-refractivity contribution in [1.29, 1.82) is 0 Å². The molecule has 0 unspecified atom stereocenters. The molecule has 41 heavy (non-hydrogen) atoms. The van der Waals surface area contributed by atoms with Crippen molar-refractivity contribution in [3.05, 3.63) is 58.9 Å². The maximum Gasteiger partial charge on any atom is 0.273 e. The number of carbonyl (C=O) groups is 2. The molecule has 1 fully saturated rings. The molecule has 4 rings (SSSR count). The summed E-state index contributed by atoms with van der Waals surface area (Å²) in [5.41, 5.74) is 4.55. The van der Waals surface area contributed by atoms with Gasteiger partial charge in [-0.2, -0.15) is 0 Å². The molecule has 0 saturated heterocycles. The van der Waals surface area contributed by atoms with E-state index in [1.165, 1.54) is 31.2 Å². The van der Waals surface area contributed by atoms with Gasteiger partial charge >= 0.3 is 0 Å². The molecule has 2 aromatic carbocycles. The predicted octanol–water partition coefficient (Wildman–Crippen LogP) is 6.52. The smallest absolute Gasteiger partial charge is 0.273 e. The fourth-order valence-corrected chi connectivity index (χ4v) is 5.64. The van der Waals surface area contributed by atoms with E-state index in [1.807, 2.05) is 31.4 Å². The van der Waals surface area contributed by atoms with Crippen LogP contribution in [0.15, 0.2) is 36.5 Å². The van der Waals surface area contributed by atoms with Crippen LogP contribution in [0, 0.1) is 12.8 Å². The fourth-order valence-electron chi connectivity index (χ4n) is 5.27. The van der Waals surface area contributed by atoms with E-state index in [4.69, 9.17) is 4.74 Å². The van der Waals surface area contributed by atoms with Crippen LogP contribution in [-0.4, -0.2) is 46.2 Å². The van der Waals surface area contributed by atoms with E-state index >= 15 is 0 Å². The van der Waals surface area contributed by atoms with E-state index in [2.05, 4.69) is 53.4 Å². The molecule has 1 aromatic heterocycles. The molecule has 0 bridgehead atoms. The van der Waals surface area contributed by atoms with Crippen molar-refractivity contribution in [2.45, 2.75) is 78.2 Å². The number of rotatable bonds is 9. The normalized spacial score (nSPS) is 14.8. The number of aryl methyl sites for hydroxylation is 1. The van der Waals surface area contributed by atoms with Crippen LogP contribution < -0.4 is 20.1 Å². The summed E-state index contributed by atoms with van der Waals surface area (Å²) in [7, 11) is 1.59. The Kier molecular flexibility index (Phi) is 9.63. The third-order valence-corrected chi connectivity index (χ3v) is 8.20. The number of anilines is 2. The molecule has 0 spiro atoms. The lowest BCUT2D eigenvalue weighted by Crippen LogP contribution is -2.39. The predicted molar refractivity (Wildman–Crippen MR) is 166 cm³/mol. The molecule has 3 aromatic rings. The minimum absolute atomic E-state index is 0.0853. The van der Waals surface area contributed by atoms with Crippen LogP contribution in [-0.2, 0) is 5.41 Å². The number of hydrogen-bond acceptors (Lipinski definition) is 7. The number of amides is 2. The average Bonchev–Trinajstić information content (AvgIpc) is 3.43. The van der Waals surface area contributed by atoms with Crippen LogP contribution in [0.5, 0.6) is 5.75 Å². The van der Waals surface area contributed by atoms with Crippen molar-refractivity contribution in [1.82, 2.24) is 20.3 Å². The van der Waals surface area contributed by atoms with Crippen molar-refractivity contribution in [3.63, 3.8) is 0 Å². The molecule has 1 aliphatic carbocycles. The summed E-state index contributed by atoms with van der Waals surface area (Å²) in [6.07, 6.45) is 9.54. The molecular formula is C31H42N6O3S. The first-order chi connectivity index (χ1) is 19.5. The Morgan fingerprint density at radius 2 is 1.78 bits per heavy atom. The average molecular weight is 579 g/mol. The molecule has 10 heteroatoms. The van der Waals surface area contributed by atoms with Gasteiger partial charge in [-0.3, -0.25) is 9.59 Å². The van der Waals surface area contributed by atoms with Gasteiger partial charge in [0.25, 0.3) is 11.8 Å². The van der Waals surface area contributed by atoms with E-state index in [-0.39, 0.29) is 29.0 Å². The van der Waals surface area contributed by atoms with Gasteiger partial charge in [-0.1, -0.05) is 63.3 Å². The van der Waals surface area contributed by atoms with Gasteiger partial charge in [0.2, 0.25) is 0 Å². The highest BCUT2D eigenvalue weighted by atomic mass is 32.2. The Bertz CT molecular complexity index is 1390. The van der Waals surface area contributed by atoms with Crippen molar-refractivity contribution in [2.24, 2.45) is 5.92 Å². The largest absolute Gasteiger partial charge is 0.492 e. The van der Waals surface area contributed by atoms with Gasteiger partial charge in [0.05, 0.1) is 30.4 Å². The number of aromatic nitrogens is 3. The highest BCUT2D eigenvalue weighted by Gasteiger charge is 2.24. The number of carbonyl (C=O) groups excluding carboxylic acids is 2. The molecule has 1 atom stereocenters. The van der Waals surface area contributed by atoms with Crippen LogP contribution in [0.4, 0.5) is 11.4 Å². The van der Waals surface area contributed by atoms with Gasteiger partial charge in [0, 0.05) is 17.9 Å². The van der Waals surface area contributed by atoms with Crippen LogP contribution in [0.2, 0.25) is 0 Å². The third-order valence-electron chi connectivity index (χ3n) is 7.78. The van der Waals surface area contributed by atoms with Gasteiger partial charge in [-0.15, -0.1) is 5.10 Å². The molecule has 1 saturated carbocycles. The first-order valence-electron chi connectivity index (χ1n) is 14.2. The van der Waals surface area contributed by atoms with E-state index in [0.29, 0.717) is 28.6 Å². The topological polar surface area (TPSA) is 110 Å². The van der Waals surface area contributed by atoms with Gasteiger partial charge in [0.15, 0.2) is 11.4 Å². The molecule has 0 aliphatic heterocycles. The number of benzene rings is 2. The molecule has 220 valence electrons. The lowest BCUT2D eigenvalue weighted by Gasteiger charge is -2.27. The highest BCUT2D eigenvalue weighted by molar-refractivity contribution is 7.99. The summed E-state index contributed by atoms with van der Waals surface area (Å²) in [4.78, 5) is 26.4. The van der Waals surface area contributed by atoms with E-state index in [0.717, 1.165) is 29.7 Å². The maximum atomic E-state index is 13.5. The summed E-state index contributed by atoms with van der Waals surface area (Å²) < 4.78 is 10.5. The Morgan fingerprint density at radius 1 is 1.07 bits per heavy atom. The summed E-state index contributed by atoms with van der Waals surface area (Å²) in [6, 6.07) is 9.47. The quantitative estimate of drug-likeness (QED) is 0.248. The number of methoxy groups -OCH3 is 1. The summed E-state index contributed by atoms with van der Waals surface area (Å²) in [5.74, 6) is 0.532. The number of nitrogens with zero attached hydrogens (tertiary/aromatic N) is 3. The van der Waals surface area contributed by atoms with Crippen molar-refractivity contribution in [2.75, 3.05) is 23.4 Å². The first kappa shape index (κ1) is 30.4. The number of hydrogen-bond donors (Lipinski definition) is 3. The second-order valence-corrected chi connectivity index (χ2v) is 12.4. The molecule has 0 radical (unpaired) electrons. The third kappa shape index (κ3) is 7.22. The molecule has 1 aliphatic rings. The lowest BCUT2D eigenvalue weighted by atomic mass is 9.84. The highest BCUT2D eigenvalue weighted by Crippen LogP contribution is 2.39. The molecule has 2 amide bonds. The number of nitrogens with one attached hydrogen (secondary N) is 3. The summed E-state index contributed by atoms with van der Waals surface area (Å²) in [5, 5.41) is 14.5. The van der Waals surface area contributed by atoms with Crippen LogP contribution in [0.3, 0.4) is 0 Å². The summed E-state index contributed by atoms with van der Waals surface area (Å²) >= 11 is 1.46. The van der Waals surface area contributed by atoms with E-state index < -0.39 is 0 Å². The second-order valence-electron chi connectivity index (χ2n) is 11.8. The first-order valence-corrected chi connectivity index (χ1v) is 15.4. The Balaban J connectivity index is 1.56. The van der Waals surface area contributed by atoms with Crippen molar-refractivity contribution in [3.8, 4) is 11.4 Å². The van der Waals surface area contributed by atoms with Crippen LogP contribution in [0.1, 0.15) is 91.8 Å². The Morgan fingerprint density at radius 3 is 2.44 bits per heavy atom. The minimum Gasteiger partial charge on any atom is -0.492 e. The van der Waals surface area contributed by atoms with E-state index in [1.54, 1.807) is 30.1 Å². The fraction of sp³-hybridized carbons (Fsp3) is 0.484. The van der Waals surface area contributed by atoms with Crippen LogP contribution in [0.25, 0.3) is 5.69 Å². The Labute approximate surface area is 247 Å². The second kappa shape index (κ2) is 13.0. The van der Waals surface area contributed by atoms with E-state index in [9.17, 15) is 9.59 Å². The molecule has 1 heterocycles. The molecule has 3 N–H and O–H groups in total. The maximum absolute atomic E-state index is 13.5. The lowest BCUT2D eigenvalue weighted by molar-refractivity contribution is 0.0913. The van der Waals surface area contributed by atoms with Crippen molar-refractivity contribution < 1.29 is 14.3 Å². The molecular weight excluding hydrogens is 536 g/mol. The SMILES string of the molecule is COc1c(NSC)cc(C(C)(C)C)cc1NC(=O)c1ccc(C)c(-n2cc(C(=O)N[C@H](C)C3CCCCC3)nn2)c1. The standard InChI is InChI=1S/C31H42N6O3S/c1-19-13-14-22(29(38)33-24-16-23(31(3,4)5)17-25(35-41-7)28(24)40-6)15-27(19)37-18-26(34-36-37)30(39)32-20(2)21-11-9-8-10-12-21/h13-18,20-21,35H,8-12H2,1-7H3,(H,32,39)(H,33,38)/t20-/m1/s1. The number of ether oxygens (including phenoxy) is 1. The van der Waals surface area contributed by atoms with Gasteiger partial charge < -0.3 is 20.1 Å². The van der Waals surface area contributed by atoms with Crippen molar-refractivity contribution >= 4 is 35.1 Å². The van der Waals surface area contributed by atoms with Crippen LogP contribution >= 0.6 is 11.9 Å². The molecule has 9 nitrogen and oxygen atoms in total. The van der Waals surface area contributed by atoms with Gasteiger partial charge in [-0.25, -0.2) is 4.68 Å². The zero-order chi connectivity index (χ0) is 29.7. The summed E-state index contributed by atoms with van der Waals surface area (Å²) in [6.45, 7) is 10.4. The zero-order valence-corrected chi connectivity index (χ0v) is 25.9. The minimum atomic E-state index is -0.287. The monoisotopic (exact) mass is 578 g/mol.